The van der Waals surface area contributed by atoms with Gasteiger partial charge in [-0.1, -0.05) is 43.3 Å². The summed E-state index contributed by atoms with van der Waals surface area (Å²) in [6.45, 7) is 9.02. The Bertz CT molecular complexity index is 1060. The fourth-order valence-corrected chi connectivity index (χ4v) is 3.81. The molecule has 2 N–H and O–H groups in total. The van der Waals surface area contributed by atoms with Crippen LogP contribution in [0.1, 0.15) is 38.1 Å². The molecule has 0 spiro atoms. The van der Waals surface area contributed by atoms with Crippen molar-refractivity contribution in [3.63, 3.8) is 0 Å². The molecule has 1 heterocycles. The number of aryl methyl sites for hydroxylation is 1. The van der Waals surface area contributed by atoms with Gasteiger partial charge in [0.2, 0.25) is 11.8 Å². The zero-order chi connectivity index (χ0) is 23.8. The number of rotatable bonds is 10. The largest absolute Gasteiger partial charge is 0.325 e. The van der Waals surface area contributed by atoms with E-state index < -0.39 is 0 Å². The summed E-state index contributed by atoms with van der Waals surface area (Å²) < 4.78 is 1.84. The van der Waals surface area contributed by atoms with Crippen LogP contribution in [0.4, 0.5) is 11.4 Å². The van der Waals surface area contributed by atoms with Gasteiger partial charge in [0.25, 0.3) is 0 Å². The van der Waals surface area contributed by atoms with Gasteiger partial charge in [0.1, 0.15) is 0 Å². The Kier molecular flexibility index (Phi) is 8.38. The summed E-state index contributed by atoms with van der Waals surface area (Å²) in [5.41, 5.74) is 4.11. The van der Waals surface area contributed by atoms with Crippen molar-refractivity contribution in [3.05, 3.63) is 72.1 Å². The van der Waals surface area contributed by atoms with Gasteiger partial charge in [0.05, 0.1) is 28.8 Å². The van der Waals surface area contributed by atoms with Crippen LogP contribution in [-0.4, -0.2) is 45.6 Å². The number of anilines is 2. The zero-order valence-corrected chi connectivity index (χ0v) is 19.8. The molecule has 0 saturated heterocycles. The number of nitrogens with zero attached hydrogens (tertiary/aromatic N) is 3. The third kappa shape index (κ3) is 6.29. The molecule has 0 aliphatic carbocycles. The molecule has 33 heavy (non-hydrogen) atoms. The van der Waals surface area contributed by atoms with Crippen LogP contribution in [0, 0.1) is 13.8 Å². The summed E-state index contributed by atoms with van der Waals surface area (Å²) in [7, 11) is 0. The normalized spacial score (nSPS) is 11.9. The summed E-state index contributed by atoms with van der Waals surface area (Å²) in [5, 5.41) is 10.6. The molecule has 1 aromatic heterocycles. The second-order valence-corrected chi connectivity index (χ2v) is 8.16. The van der Waals surface area contributed by atoms with Gasteiger partial charge in [-0.3, -0.25) is 14.5 Å². The minimum atomic E-state index is -0.345. The molecule has 0 fully saturated rings. The first kappa shape index (κ1) is 24.2. The monoisotopic (exact) mass is 447 g/mol. The topological polar surface area (TPSA) is 79.3 Å². The molecule has 3 rings (SSSR count). The molecule has 1 atom stereocenters. The van der Waals surface area contributed by atoms with E-state index in [1.54, 1.807) is 0 Å². The molecule has 0 saturated carbocycles. The first-order valence-electron chi connectivity index (χ1n) is 11.4. The minimum absolute atomic E-state index is 0.0779. The van der Waals surface area contributed by atoms with Crippen molar-refractivity contribution in [2.24, 2.45) is 0 Å². The van der Waals surface area contributed by atoms with Crippen LogP contribution >= 0.6 is 0 Å². The number of benzene rings is 2. The van der Waals surface area contributed by atoms with Crippen molar-refractivity contribution in [2.45, 2.75) is 46.6 Å². The first-order chi connectivity index (χ1) is 15.9. The van der Waals surface area contributed by atoms with Gasteiger partial charge >= 0.3 is 0 Å². The van der Waals surface area contributed by atoms with E-state index in [0.29, 0.717) is 13.0 Å². The molecule has 0 aliphatic rings. The van der Waals surface area contributed by atoms with E-state index in [2.05, 4.69) is 22.7 Å². The van der Waals surface area contributed by atoms with Crippen LogP contribution in [-0.2, 0) is 9.59 Å². The third-order valence-corrected chi connectivity index (χ3v) is 5.66. The molecule has 0 radical (unpaired) electrons. The zero-order valence-electron chi connectivity index (χ0n) is 19.8. The molecule has 0 bridgehead atoms. The highest BCUT2D eigenvalue weighted by atomic mass is 16.2. The van der Waals surface area contributed by atoms with Gasteiger partial charge in [-0.05, 0) is 58.0 Å². The minimum Gasteiger partial charge on any atom is -0.325 e. The Hall–Kier alpha value is -3.45. The maximum absolute atomic E-state index is 12.8. The van der Waals surface area contributed by atoms with Gasteiger partial charge in [-0.25, -0.2) is 4.68 Å². The van der Waals surface area contributed by atoms with Crippen LogP contribution < -0.4 is 10.6 Å². The van der Waals surface area contributed by atoms with Crippen molar-refractivity contribution in [1.82, 2.24) is 14.7 Å². The number of carbonyl (C=O) groups is 2. The van der Waals surface area contributed by atoms with E-state index in [-0.39, 0.29) is 17.9 Å². The first-order valence-corrected chi connectivity index (χ1v) is 11.4. The molecule has 174 valence electrons. The second-order valence-electron chi connectivity index (χ2n) is 8.16. The van der Waals surface area contributed by atoms with Crippen molar-refractivity contribution in [2.75, 3.05) is 23.7 Å². The van der Waals surface area contributed by atoms with Crippen molar-refractivity contribution in [3.8, 4) is 5.69 Å². The molecule has 1 unspecified atom stereocenters. The lowest BCUT2D eigenvalue weighted by Crippen LogP contribution is -2.43. The maximum atomic E-state index is 12.8. The molecular weight excluding hydrogens is 414 g/mol. The van der Waals surface area contributed by atoms with E-state index in [1.165, 1.54) is 0 Å². The number of carbonyl (C=O) groups excluding carboxylic acids is 2. The fourth-order valence-electron chi connectivity index (χ4n) is 3.81. The summed E-state index contributed by atoms with van der Waals surface area (Å²) in [6, 6.07) is 18.9. The van der Waals surface area contributed by atoms with Crippen LogP contribution in [0.15, 0.2) is 60.7 Å². The number of nitrogens with one attached hydrogen (secondary N) is 2. The number of aromatic nitrogens is 2. The Morgan fingerprint density at radius 2 is 1.61 bits per heavy atom. The number of hydrogen-bond donors (Lipinski definition) is 2. The Morgan fingerprint density at radius 1 is 0.970 bits per heavy atom. The van der Waals surface area contributed by atoms with Crippen molar-refractivity contribution in [1.29, 1.82) is 0 Å². The Labute approximate surface area is 195 Å². The summed E-state index contributed by atoms with van der Waals surface area (Å²) >= 11 is 0. The lowest BCUT2D eigenvalue weighted by Gasteiger charge is -2.27. The molecule has 3 aromatic rings. The summed E-state index contributed by atoms with van der Waals surface area (Å²) in [4.78, 5) is 27.6. The standard InChI is InChI=1S/C26H33N5O2/c1-5-17-30(21(4)26(33)27-22-12-8-6-9-13-22)18-16-24(32)28-25-19(2)29-31(20(25)3)23-14-10-7-11-15-23/h6-15,21H,5,16-18H2,1-4H3,(H,27,33)(H,28,32). The van der Waals surface area contributed by atoms with E-state index >= 15 is 0 Å². The maximum Gasteiger partial charge on any atom is 0.241 e. The van der Waals surface area contributed by atoms with Gasteiger partial charge in [0, 0.05) is 18.7 Å². The second kappa shape index (κ2) is 11.4. The molecule has 0 aliphatic heterocycles. The van der Waals surface area contributed by atoms with Crippen molar-refractivity contribution < 1.29 is 9.59 Å². The Morgan fingerprint density at radius 3 is 2.24 bits per heavy atom. The number of hydrogen-bond acceptors (Lipinski definition) is 4. The van der Waals surface area contributed by atoms with Gasteiger partial charge in [-0.15, -0.1) is 0 Å². The van der Waals surface area contributed by atoms with Gasteiger partial charge in [-0.2, -0.15) is 5.10 Å². The predicted octanol–water partition coefficient (Wildman–Crippen LogP) is 4.56. The highest BCUT2D eigenvalue weighted by molar-refractivity contribution is 5.95. The Balaban J connectivity index is 1.61. The highest BCUT2D eigenvalue weighted by Crippen LogP contribution is 2.23. The number of amides is 2. The van der Waals surface area contributed by atoms with E-state index in [9.17, 15) is 9.59 Å². The molecule has 7 heteroatoms. The average molecular weight is 448 g/mol. The van der Waals surface area contributed by atoms with E-state index in [1.807, 2.05) is 91.0 Å². The van der Waals surface area contributed by atoms with Crippen LogP contribution in [0.2, 0.25) is 0 Å². The lowest BCUT2D eigenvalue weighted by atomic mass is 10.2. The third-order valence-electron chi connectivity index (χ3n) is 5.66. The van der Waals surface area contributed by atoms with Crippen LogP contribution in [0.5, 0.6) is 0 Å². The predicted molar refractivity (Wildman–Crippen MR) is 133 cm³/mol. The number of para-hydroxylation sites is 2. The fraction of sp³-hybridized carbons (Fsp3) is 0.346. The van der Waals surface area contributed by atoms with Crippen molar-refractivity contribution >= 4 is 23.2 Å². The summed E-state index contributed by atoms with van der Waals surface area (Å²) in [6.07, 6.45) is 1.19. The van der Waals surface area contributed by atoms with Crippen LogP contribution in [0.25, 0.3) is 5.69 Å². The van der Waals surface area contributed by atoms with E-state index in [4.69, 9.17) is 0 Å². The molecule has 7 nitrogen and oxygen atoms in total. The highest BCUT2D eigenvalue weighted by Gasteiger charge is 2.22. The smallest absolute Gasteiger partial charge is 0.241 e. The van der Waals surface area contributed by atoms with Gasteiger partial charge in [0.15, 0.2) is 0 Å². The van der Waals surface area contributed by atoms with E-state index in [0.717, 1.165) is 41.4 Å². The van der Waals surface area contributed by atoms with Crippen LogP contribution in [0.3, 0.4) is 0 Å². The molecular formula is C26H33N5O2. The average Bonchev–Trinajstić information content (AvgIpc) is 3.10. The summed E-state index contributed by atoms with van der Waals surface area (Å²) in [5.74, 6) is -0.170. The molecule has 2 aromatic carbocycles. The van der Waals surface area contributed by atoms with Gasteiger partial charge < -0.3 is 10.6 Å². The quantitative estimate of drug-likeness (QED) is 0.478. The lowest BCUT2D eigenvalue weighted by molar-refractivity contribution is -0.122. The SMILES string of the molecule is CCCN(CCC(=O)Nc1c(C)nn(-c2ccccc2)c1C)C(C)C(=O)Nc1ccccc1. The molecule has 2 amide bonds.